The maximum atomic E-state index is 13.0. The first-order chi connectivity index (χ1) is 15.7. The highest BCUT2D eigenvalue weighted by Gasteiger charge is 2.37. The van der Waals surface area contributed by atoms with Gasteiger partial charge in [0.2, 0.25) is 0 Å². The number of nitrogens with one attached hydrogen (secondary N) is 1. The van der Waals surface area contributed by atoms with Gasteiger partial charge in [-0.15, -0.1) is 0 Å². The van der Waals surface area contributed by atoms with Crippen LogP contribution >= 0.6 is 0 Å². The predicted molar refractivity (Wildman–Crippen MR) is 124 cm³/mol. The fraction of sp³-hybridized carbons (Fsp3) is 0.154. The summed E-state index contributed by atoms with van der Waals surface area (Å²) in [4.78, 5) is 51.5. The number of amides is 3. The molecule has 1 heterocycles. The molecule has 3 amide bonds. The van der Waals surface area contributed by atoms with Crippen molar-refractivity contribution in [2.75, 3.05) is 16.8 Å². The lowest BCUT2D eigenvalue weighted by molar-refractivity contribution is -0.119. The molecule has 0 spiro atoms. The van der Waals surface area contributed by atoms with Crippen molar-refractivity contribution in [3.63, 3.8) is 0 Å². The number of rotatable bonds is 5. The highest BCUT2D eigenvalue weighted by atomic mass is 16.5. The molecule has 3 aromatic rings. The van der Waals surface area contributed by atoms with E-state index in [1.165, 1.54) is 18.2 Å². The first kappa shape index (κ1) is 22.0. The number of aryl methyl sites for hydroxylation is 3. The second-order valence-electron chi connectivity index (χ2n) is 7.99. The Morgan fingerprint density at radius 2 is 1.48 bits per heavy atom. The van der Waals surface area contributed by atoms with Crippen molar-refractivity contribution in [1.82, 2.24) is 0 Å². The molecule has 0 bridgehead atoms. The van der Waals surface area contributed by atoms with E-state index in [2.05, 4.69) is 5.32 Å². The Morgan fingerprint density at radius 1 is 0.818 bits per heavy atom. The molecule has 0 saturated heterocycles. The van der Waals surface area contributed by atoms with Gasteiger partial charge in [-0.3, -0.25) is 14.4 Å². The number of imide groups is 1. The van der Waals surface area contributed by atoms with Crippen LogP contribution in [-0.2, 0) is 9.53 Å². The quantitative estimate of drug-likeness (QED) is 0.472. The molecule has 33 heavy (non-hydrogen) atoms. The van der Waals surface area contributed by atoms with Gasteiger partial charge < -0.3 is 10.1 Å². The average molecular weight is 442 g/mol. The van der Waals surface area contributed by atoms with Crippen LogP contribution in [-0.4, -0.2) is 30.3 Å². The molecule has 0 fully saturated rings. The summed E-state index contributed by atoms with van der Waals surface area (Å²) in [6.45, 7) is 5.21. The molecule has 0 atom stereocenters. The second kappa shape index (κ2) is 8.70. The van der Waals surface area contributed by atoms with E-state index in [0.717, 1.165) is 21.6 Å². The fourth-order valence-corrected chi connectivity index (χ4v) is 3.69. The van der Waals surface area contributed by atoms with Crippen LogP contribution in [0, 0.1) is 20.8 Å². The average Bonchev–Trinajstić information content (AvgIpc) is 3.03. The molecule has 3 aromatic carbocycles. The summed E-state index contributed by atoms with van der Waals surface area (Å²) in [5, 5.41) is 2.64. The highest BCUT2D eigenvalue weighted by Crippen LogP contribution is 2.31. The number of anilines is 2. The number of carbonyl (C=O) groups excluding carboxylic acids is 4. The van der Waals surface area contributed by atoms with Gasteiger partial charge >= 0.3 is 5.97 Å². The largest absolute Gasteiger partial charge is 0.452 e. The standard InChI is InChI=1S/C26H22N2O5/c1-15-4-8-19(9-5-15)27-23(29)14-33-26(32)18-7-10-20-21(13-18)25(31)28(24(20)30)22-11-6-16(2)12-17(22)3/h4-13H,14H2,1-3H3,(H,27,29). The van der Waals surface area contributed by atoms with E-state index in [0.29, 0.717) is 11.4 Å². The van der Waals surface area contributed by atoms with Crippen LogP contribution in [0.25, 0.3) is 0 Å². The number of esters is 1. The molecule has 1 N–H and O–H groups in total. The minimum absolute atomic E-state index is 0.0838. The van der Waals surface area contributed by atoms with Gasteiger partial charge in [-0.2, -0.15) is 0 Å². The van der Waals surface area contributed by atoms with Crippen molar-refractivity contribution in [3.05, 3.63) is 94.0 Å². The minimum Gasteiger partial charge on any atom is -0.452 e. The van der Waals surface area contributed by atoms with E-state index in [1.54, 1.807) is 18.2 Å². The molecule has 0 aromatic heterocycles. The number of carbonyl (C=O) groups is 4. The zero-order chi connectivity index (χ0) is 23.7. The lowest BCUT2D eigenvalue weighted by Crippen LogP contribution is -2.30. The number of ether oxygens (including phenoxy) is 1. The van der Waals surface area contributed by atoms with Crippen LogP contribution in [0.4, 0.5) is 11.4 Å². The van der Waals surface area contributed by atoms with Crippen LogP contribution in [0.15, 0.2) is 60.7 Å². The van der Waals surface area contributed by atoms with Crippen molar-refractivity contribution in [2.24, 2.45) is 0 Å². The molecule has 7 nitrogen and oxygen atoms in total. The third-order valence-electron chi connectivity index (χ3n) is 5.39. The molecular weight excluding hydrogens is 420 g/mol. The zero-order valence-corrected chi connectivity index (χ0v) is 18.5. The van der Waals surface area contributed by atoms with Crippen molar-refractivity contribution in [1.29, 1.82) is 0 Å². The second-order valence-corrected chi connectivity index (χ2v) is 7.99. The molecule has 1 aliphatic heterocycles. The van der Waals surface area contributed by atoms with Crippen molar-refractivity contribution in [3.8, 4) is 0 Å². The zero-order valence-electron chi connectivity index (χ0n) is 18.5. The lowest BCUT2D eigenvalue weighted by Gasteiger charge is -2.16. The number of hydrogen-bond donors (Lipinski definition) is 1. The molecule has 0 aliphatic carbocycles. The Kier molecular flexibility index (Phi) is 5.79. The van der Waals surface area contributed by atoms with Gasteiger partial charge in [0.25, 0.3) is 17.7 Å². The molecule has 166 valence electrons. The first-order valence-electron chi connectivity index (χ1n) is 10.4. The number of nitrogens with zero attached hydrogens (tertiary/aromatic N) is 1. The molecule has 1 aliphatic rings. The molecule has 7 heteroatoms. The summed E-state index contributed by atoms with van der Waals surface area (Å²) in [5.74, 6) is -2.20. The third-order valence-corrected chi connectivity index (χ3v) is 5.39. The van der Waals surface area contributed by atoms with Crippen molar-refractivity contribution in [2.45, 2.75) is 20.8 Å². The maximum Gasteiger partial charge on any atom is 0.338 e. The normalized spacial score (nSPS) is 12.5. The van der Waals surface area contributed by atoms with E-state index < -0.39 is 30.3 Å². The van der Waals surface area contributed by atoms with Gasteiger partial charge in [-0.1, -0.05) is 35.4 Å². The van der Waals surface area contributed by atoms with Gasteiger partial charge in [-0.05, 0) is 62.7 Å². The van der Waals surface area contributed by atoms with Crippen molar-refractivity contribution >= 4 is 35.1 Å². The van der Waals surface area contributed by atoms with Crippen LogP contribution in [0.1, 0.15) is 47.8 Å². The summed E-state index contributed by atoms with van der Waals surface area (Å²) >= 11 is 0. The third kappa shape index (κ3) is 4.39. The van der Waals surface area contributed by atoms with Crippen LogP contribution < -0.4 is 10.2 Å². The number of benzene rings is 3. The van der Waals surface area contributed by atoms with Crippen molar-refractivity contribution < 1.29 is 23.9 Å². The Balaban J connectivity index is 1.46. The monoisotopic (exact) mass is 442 g/mol. The molecule has 0 radical (unpaired) electrons. The van der Waals surface area contributed by atoms with Crippen LogP contribution in [0.3, 0.4) is 0 Å². The Bertz CT molecular complexity index is 1290. The highest BCUT2D eigenvalue weighted by molar-refractivity contribution is 6.35. The molecule has 0 saturated carbocycles. The van der Waals surface area contributed by atoms with E-state index in [1.807, 2.05) is 45.0 Å². The van der Waals surface area contributed by atoms with E-state index >= 15 is 0 Å². The van der Waals surface area contributed by atoms with E-state index in [4.69, 9.17) is 4.74 Å². The van der Waals surface area contributed by atoms with Gasteiger partial charge in [0.1, 0.15) is 0 Å². The summed E-state index contributed by atoms with van der Waals surface area (Å²) in [6.07, 6.45) is 0. The smallest absolute Gasteiger partial charge is 0.338 e. The van der Waals surface area contributed by atoms with E-state index in [9.17, 15) is 19.2 Å². The predicted octanol–water partition coefficient (Wildman–Crippen LogP) is 4.21. The van der Waals surface area contributed by atoms with E-state index in [-0.39, 0.29) is 16.7 Å². The molecule has 4 rings (SSSR count). The van der Waals surface area contributed by atoms with Gasteiger partial charge in [-0.25, -0.2) is 9.69 Å². The first-order valence-corrected chi connectivity index (χ1v) is 10.4. The SMILES string of the molecule is Cc1ccc(NC(=O)COC(=O)c2ccc3c(c2)C(=O)N(c2ccc(C)cc2C)C3=O)cc1. The Labute approximate surface area is 191 Å². The van der Waals surface area contributed by atoms with Gasteiger partial charge in [0, 0.05) is 5.69 Å². The van der Waals surface area contributed by atoms with Crippen LogP contribution in [0.2, 0.25) is 0 Å². The number of fused-ring (bicyclic) bond motifs is 1. The summed E-state index contributed by atoms with van der Waals surface area (Å²) in [5.41, 5.74) is 4.39. The summed E-state index contributed by atoms with van der Waals surface area (Å²) in [7, 11) is 0. The molecule has 0 unspecified atom stereocenters. The van der Waals surface area contributed by atoms with Gasteiger partial charge in [0.05, 0.1) is 22.4 Å². The minimum atomic E-state index is -0.762. The lowest BCUT2D eigenvalue weighted by atomic mass is 10.1. The molecular formula is C26H22N2O5. The van der Waals surface area contributed by atoms with Crippen LogP contribution in [0.5, 0.6) is 0 Å². The van der Waals surface area contributed by atoms with Gasteiger partial charge in [0.15, 0.2) is 6.61 Å². The maximum absolute atomic E-state index is 13.0. The fourth-order valence-electron chi connectivity index (χ4n) is 3.69. The Hall–Kier alpha value is -4.26. The number of hydrogen-bond acceptors (Lipinski definition) is 5. The Morgan fingerprint density at radius 3 is 2.18 bits per heavy atom. The summed E-state index contributed by atoms with van der Waals surface area (Å²) in [6, 6.07) is 16.8. The summed E-state index contributed by atoms with van der Waals surface area (Å²) < 4.78 is 5.09. The topological polar surface area (TPSA) is 92.8 Å².